The molecule has 0 aliphatic carbocycles. The van der Waals surface area contributed by atoms with Gasteiger partial charge in [0.25, 0.3) is 0 Å². The SMILES string of the molecule is COc1ccc(C(Nc2ncnc3c2ncn3C2CCN(Cc3ccccc3)O2)(c2ccccc2)c2ccc(OC)cc2)cc1. The van der Waals surface area contributed by atoms with Crippen LogP contribution in [0.3, 0.4) is 0 Å². The molecule has 6 aromatic rings. The number of hydrogen-bond donors (Lipinski definition) is 1. The Hall–Kier alpha value is -5.25. The van der Waals surface area contributed by atoms with Crippen LogP contribution in [0.1, 0.15) is 34.9 Å². The maximum atomic E-state index is 6.36. The monoisotopic (exact) mass is 598 g/mol. The van der Waals surface area contributed by atoms with Gasteiger partial charge in [-0.15, -0.1) is 0 Å². The fourth-order valence-electron chi connectivity index (χ4n) is 6.04. The van der Waals surface area contributed by atoms with Gasteiger partial charge >= 0.3 is 0 Å². The number of nitrogens with one attached hydrogen (secondary N) is 1. The summed E-state index contributed by atoms with van der Waals surface area (Å²) in [4.78, 5) is 20.6. The minimum absolute atomic E-state index is 0.219. The van der Waals surface area contributed by atoms with Crippen molar-refractivity contribution in [1.82, 2.24) is 24.6 Å². The zero-order chi connectivity index (χ0) is 30.6. The summed E-state index contributed by atoms with van der Waals surface area (Å²) < 4.78 is 13.0. The smallest absolute Gasteiger partial charge is 0.167 e. The number of fused-ring (bicyclic) bond motifs is 1. The van der Waals surface area contributed by atoms with Gasteiger partial charge in [0.2, 0.25) is 0 Å². The molecule has 9 nitrogen and oxygen atoms in total. The van der Waals surface area contributed by atoms with E-state index in [9.17, 15) is 0 Å². The zero-order valence-corrected chi connectivity index (χ0v) is 25.2. The predicted octanol–water partition coefficient (Wildman–Crippen LogP) is 6.58. The predicted molar refractivity (Wildman–Crippen MR) is 173 cm³/mol. The first-order chi connectivity index (χ1) is 22.2. The van der Waals surface area contributed by atoms with E-state index >= 15 is 0 Å². The molecule has 1 fully saturated rings. The van der Waals surface area contributed by atoms with Crippen molar-refractivity contribution < 1.29 is 14.3 Å². The van der Waals surface area contributed by atoms with E-state index in [2.05, 4.69) is 58.8 Å². The molecule has 1 aliphatic heterocycles. The van der Waals surface area contributed by atoms with Gasteiger partial charge in [-0.2, -0.15) is 5.06 Å². The van der Waals surface area contributed by atoms with E-state index in [1.54, 1.807) is 26.9 Å². The fraction of sp³-hybridized carbons (Fsp3) is 0.194. The Labute approximate surface area is 262 Å². The Kier molecular flexibility index (Phi) is 7.85. The van der Waals surface area contributed by atoms with Crippen molar-refractivity contribution in [3.8, 4) is 11.5 Å². The Bertz CT molecular complexity index is 1810. The molecule has 45 heavy (non-hydrogen) atoms. The molecule has 1 atom stereocenters. The van der Waals surface area contributed by atoms with Crippen LogP contribution in [0.5, 0.6) is 11.5 Å². The fourth-order valence-corrected chi connectivity index (χ4v) is 6.04. The molecule has 0 spiro atoms. The van der Waals surface area contributed by atoms with Crippen molar-refractivity contribution >= 4 is 17.0 Å². The summed E-state index contributed by atoms with van der Waals surface area (Å²) in [5.74, 6) is 2.15. The molecule has 1 unspecified atom stereocenters. The molecule has 226 valence electrons. The highest BCUT2D eigenvalue weighted by molar-refractivity contribution is 5.84. The van der Waals surface area contributed by atoms with Crippen LogP contribution in [0.2, 0.25) is 0 Å². The summed E-state index contributed by atoms with van der Waals surface area (Å²) in [5.41, 5.74) is 4.75. The van der Waals surface area contributed by atoms with Crippen molar-refractivity contribution in [1.29, 1.82) is 0 Å². The molecule has 1 saturated heterocycles. The highest BCUT2D eigenvalue weighted by Crippen LogP contribution is 2.42. The van der Waals surface area contributed by atoms with Crippen molar-refractivity contribution in [2.24, 2.45) is 0 Å². The molecule has 0 amide bonds. The third-order valence-electron chi connectivity index (χ3n) is 8.33. The van der Waals surface area contributed by atoms with Gasteiger partial charge in [-0.25, -0.2) is 15.0 Å². The molecule has 0 saturated carbocycles. The van der Waals surface area contributed by atoms with E-state index in [0.717, 1.165) is 47.7 Å². The third-order valence-corrected chi connectivity index (χ3v) is 8.33. The highest BCUT2D eigenvalue weighted by atomic mass is 16.7. The van der Waals surface area contributed by atoms with Gasteiger partial charge in [-0.1, -0.05) is 84.9 Å². The van der Waals surface area contributed by atoms with E-state index in [-0.39, 0.29) is 6.23 Å². The summed E-state index contributed by atoms with van der Waals surface area (Å²) >= 11 is 0. The zero-order valence-electron chi connectivity index (χ0n) is 25.2. The number of methoxy groups -OCH3 is 2. The summed E-state index contributed by atoms with van der Waals surface area (Å²) in [7, 11) is 3.34. The van der Waals surface area contributed by atoms with Gasteiger partial charge in [-0.05, 0) is 46.5 Å². The minimum Gasteiger partial charge on any atom is -0.497 e. The number of imidazole rings is 1. The number of hydrogen-bond acceptors (Lipinski definition) is 8. The van der Waals surface area contributed by atoms with Gasteiger partial charge in [0.15, 0.2) is 23.2 Å². The average molecular weight is 599 g/mol. The quantitative estimate of drug-likeness (QED) is 0.177. The second-order valence-electron chi connectivity index (χ2n) is 10.9. The van der Waals surface area contributed by atoms with Crippen LogP contribution >= 0.6 is 0 Å². The molecule has 7 rings (SSSR count). The number of benzene rings is 4. The van der Waals surface area contributed by atoms with Gasteiger partial charge in [0, 0.05) is 19.5 Å². The first kappa shape index (κ1) is 28.5. The van der Waals surface area contributed by atoms with Crippen LogP contribution in [0.15, 0.2) is 122 Å². The number of ether oxygens (including phenoxy) is 2. The minimum atomic E-state index is -0.846. The van der Waals surface area contributed by atoms with E-state index in [0.29, 0.717) is 17.0 Å². The molecule has 0 radical (unpaired) electrons. The second-order valence-corrected chi connectivity index (χ2v) is 10.9. The van der Waals surface area contributed by atoms with E-state index in [1.807, 2.05) is 70.3 Å². The number of aromatic nitrogens is 4. The average Bonchev–Trinajstić information content (AvgIpc) is 3.76. The normalized spacial score (nSPS) is 15.3. The van der Waals surface area contributed by atoms with Gasteiger partial charge in [-0.3, -0.25) is 9.40 Å². The largest absolute Gasteiger partial charge is 0.497 e. The Morgan fingerprint density at radius 2 is 1.36 bits per heavy atom. The number of rotatable bonds is 10. The van der Waals surface area contributed by atoms with E-state index in [4.69, 9.17) is 24.3 Å². The number of hydroxylamine groups is 2. The molecular formula is C36H34N6O3. The van der Waals surface area contributed by atoms with Crippen molar-refractivity contribution in [3.63, 3.8) is 0 Å². The lowest BCUT2D eigenvalue weighted by Gasteiger charge is -2.37. The molecule has 2 aromatic heterocycles. The van der Waals surface area contributed by atoms with Crippen LogP contribution in [-0.2, 0) is 16.9 Å². The molecule has 1 N–H and O–H groups in total. The van der Waals surface area contributed by atoms with Gasteiger partial charge < -0.3 is 14.8 Å². The summed E-state index contributed by atoms with van der Waals surface area (Å²) in [5, 5.41) is 5.84. The Balaban J connectivity index is 1.30. The van der Waals surface area contributed by atoms with Crippen molar-refractivity contribution in [3.05, 3.63) is 144 Å². The number of nitrogens with zero attached hydrogens (tertiary/aromatic N) is 5. The van der Waals surface area contributed by atoms with E-state index < -0.39 is 5.54 Å². The van der Waals surface area contributed by atoms with Gasteiger partial charge in [0.05, 0.1) is 20.5 Å². The Morgan fingerprint density at radius 3 is 1.98 bits per heavy atom. The van der Waals surface area contributed by atoms with Crippen LogP contribution in [0, 0.1) is 0 Å². The third kappa shape index (κ3) is 5.48. The summed E-state index contributed by atoms with van der Waals surface area (Å²) in [6.07, 6.45) is 3.98. The van der Waals surface area contributed by atoms with Crippen LogP contribution in [0.4, 0.5) is 5.82 Å². The maximum Gasteiger partial charge on any atom is 0.167 e. The van der Waals surface area contributed by atoms with Crippen LogP contribution in [-0.4, -0.2) is 45.3 Å². The topological polar surface area (TPSA) is 86.6 Å². The molecule has 0 bridgehead atoms. The Morgan fingerprint density at radius 1 is 0.756 bits per heavy atom. The second kappa shape index (κ2) is 12.4. The highest BCUT2D eigenvalue weighted by Gasteiger charge is 2.38. The lowest BCUT2D eigenvalue weighted by Crippen LogP contribution is -2.38. The molecule has 3 heterocycles. The summed E-state index contributed by atoms with van der Waals surface area (Å²) in [6, 6.07) is 36.9. The van der Waals surface area contributed by atoms with Crippen molar-refractivity contribution in [2.45, 2.75) is 24.7 Å². The van der Waals surface area contributed by atoms with Gasteiger partial charge in [0.1, 0.15) is 23.4 Å². The maximum absolute atomic E-state index is 6.36. The molecule has 4 aromatic carbocycles. The lowest BCUT2D eigenvalue weighted by molar-refractivity contribution is -0.174. The molecular weight excluding hydrogens is 564 g/mol. The lowest BCUT2D eigenvalue weighted by atomic mass is 9.77. The van der Waals surface area contributed by atoms with E-state index in [1.165, 1.54) is 5.56 Å². The summed E-state index contributed by atoms with van der Waals surface area (Å²) in [6.45, 7) is 1.52. The first-order valence-electron chi connectivity index (χ1n) is 14.9. The number of anilines is 1. The van der Waals surface area contributed by atoms with Crippen LogP contribution < -0.4 is 14.8 Å². The molecule has 1 aliphatic rings. The first-order valence-corrected chi connectivity index (χ1v) is 14.9. The standard InChI is InChI=1S/C36H34N6O3/c1-43-30-17-13-28(14-18-30)36(27-11-7-4-8-12-27,29-15-19-31(44-2)20-16-29)40-34-33-35(38-24-37-34)42(25-39-33)32-21-22-41(45-32)23-26-9-5-3-6-10-26/h3-20,24-25,32H,21-23H2,1-2H3,(H,37,38,40). The molecule has 9 heteroatoms. The van der Waals surface area contributed by atoms with Crippen LogP contribution in [0.25, 0.3) is 11.2 Å². The van der Waals surface area contributed by atoms with Crippen molar-refractivity contribution in [2.75, 3.05) is 26.1 Å².